The number of aliphatic hydroxyl groups is 1. The van der Waals surface area contributed by atoms with E-state index in [1.165, 1.54) is 39.5 Å². The van der Waals surface area contributed by atoms with Gasteiger partial charge in [-0.05, 0) is 72.5 Å². The lowest BCUT2D eigenvalue weighted by Gasteiger charge is -2.71. The second kappa shape index (κ2) is 7.97. The zero-order valence-corrected chi connectivity index (χ0v) is 22.6. The number of hydrogen-bond donors (Lipinski definition) is 1. The van der Waals surface area contributed by atoms with E-state index < -0.39 is 29.9 Å². The summed E-state index contributed by atoms with van der Waals surface area (Å²) >= 11 is 0. The zero-order valence-electron chi connectivity index (χ0n) is 22.6. The van der Waals surface area contributed by atoms with Crippen molar-refractivity contribution in [1.82, 2.24) is 0 Å². The third kappa shape index (κ3) is 3.44. The maximum Gasteiger partial charge on any atom is 0.305 e. The fraction of sp³-hybridized carbons (Fsp3) is 0.862. The zero-order chi connectivity index (χ0) is 25.6. The Morgan fingerprint density at radius 1 is 0.914 bits per heavy atom. The highest BCUT2D eigenvalue weighted by atomic mass is 16.7. The van der Waals surface area contributed by atoms with E-state index in [0.717, 1.165) is 18.4 Å². The molecule has 196 valence electrons. The molecular weight excluding hydrogens is 444 g/mol. The van der Waals surface area contributed by atoms with Crippen LogP contribution in [0.2, 0.25) is 0 Å². The minimum atomic E-state index is -0.802. The lowest BCUT2D eigenvalue weighted by atomic mass is 9.34. The number of carbonyl (C=O) groups excluding carboxylic acids is 2. The first-order chi connectivity index (χ1) is 16.2. The van der Waals surface area contributed by atoms with Gasteiger partial charge in [0.15, 0.2) is 0 Å². The summed E-state index contributed by atoms with van der Waals surface area (Å²) in [6, 6.07) is 0. The fourth-order valence-electron chi connectivity index (χ4n) is 10.3. The summed E-state index contributed by atoms with van der Waals surface area (Å²) in [7, 11) is 0. The van der Waals surface area contributed by atoms with E-state index in [1.807, 2.05) is 0 Å². The lowest BCUT2D eigenvalue weighted by Crippen LogP contribution is -2.68. The standard InChI is InChI=1S/C29H44O6/c1-16(30)34-19-13-22-28(6)12-9-20-26(3,4)10-8-11-27(20,5)21(28)14-23(32)29(22,7)24-18(19)15-33-25(24)35-17(2)31/h15,19-25,32H,8-14H2,1-7H3/t19-,20-,21+,22-,23+,24+,25-,27-,28+,29+/m0/s1. The summed E-state index contributed by atoms with van der Waals surface area (Å²) < 4.78 is 17.4. The molecule has 10 atom stereocenters. The summed E-state index contributed by atoms with van der Waals surface area (Å²) in [5.41, 5.74) is 0.760. The molecule has 0 aromatic rings. The highest BCUT2D eigenvalue weighted by Gasteiger charge is 2.71. The molecule has 0 saturated heterocycles. The van der Waals surface area contributed by atoms with Crippen LogP contribution in [0.4, 0.5) is 0 Å². The van der Waals surface area contributed by atoms with Crippen LogP contribution in [0.25, 0.3) is 0 Å². The Labute approximate surface area is 210 Å². The van der Waals surface area contributed by atoms with E-state index in [0.29, 0.717) is 23.7 Å². The quantitative estimate of drug-likeness (QED) is 0.526. The highest BCUT2D eigenvalue weighted by Crippen LogP contribution is 2.74. The molecule has 1 aliphatic heterocycles. The van der Waals surface area contributed by atoms with Crippen molar-refractivity contribution in [3.05, 3.63) is 11.8 Å². The molecule has 4 saturated carbocycles. The van der Waals surface area contributed by atoms with E-state index in [-0.39, 0.29) is 28.6 Å². The Kier molecular flexibility index (Phi) is 5.71. The number of aliphatic hydroxyl groups excluding tert-OH is 1. The maximum atomic E-state index is 12.1. The van der Waals surface area contributed by atoms with Crippen LogP contribution in [-0.2, 0) is 23.8 Å². The molecule has 6 heteroatoms. The smallest absolute Gasteiger partial charge is 0.305 e. The van der Waals surface area contributed by atoms with Gasteiger partial charge in [-0.15, -0.1) is 0 Å². The normalized spacial score (nSPS) is 49.8. The van der Waals surface area contributed by atoms with Crippen LogP contribution in [0, 0.1) is 45.3 Å². The van der Waals surface area contributed by atoms with E-state index in [9.17, 15) is 14.7 Å². The van der Waals surface area contributed by atoms with Gasteiger partial charge in [-0.3, -0.25) is 9.59 Å². The number of ether oxygens (including phenoxy) is 3. The third-order valence-electron chi connectivity index (χ3n) is 11.6. The molecule has 35 heavy (non-hydrogen) atoms. The summed E-state index contributed by atoms with van der Waals surface area (Å²) in [6.45, 7) is 14.8. The van der Waals surface area contributed by atoms with Crippen LogP contribution in [0.3, 0.4) is 0 Å². The van der Waals surface area contributed by atoms with E-state index >= 15 is 0 Å². The molecule has 1 heterocycles. The van der Waals surface area contributed by atoms with Crippen molar-refractivity contribution in [2.24, 2.45) is 45.3 Å². The molecular formula is C29H44O6. The van der Waals surface area contributed by atoms with Crippen molar-refractivity contribution in [2.75, 3.05) is 0 Å². The Bertz CT molecular complexity index is 939. The first-order valence-corrected chi connectivity index (χ1v) is 13.6. The molecule has 0 aromatic heterocycles. The van der Waals surface area contributed by atoms with Gasteiger partial charge in [0.05, 0.1) is 18.3 Å². The molecule has 4 aliphatic carbocycles. The molecule has 5 rings (SSSR count). The van der Waals surface area contributed by atoms with Crippen molar-refractivity contribution in [3.8, 4) is 0 Å². The predicted molar refractivity (Wildman–Crippen MR) is 131 cm³/mol. The number of fused-ring (bicyclic) bond motifs is 7. The molecule has 5 aliphatic rings. The summed E-state index contributed by atoms with van der Waals surface area (Å²) in [4.78, 5) is 24.1. The van der Waals surface area contributed by atoms with Crippen molar-refractivity contribution >= 4 is 11.9 Å². The van der Waals surface area contributed by atoms with Gasteiger partial charge in [0, 0.05) is 24.8 Å². The highest BCUT2D eigenvalue weighted by molar-refractivity contribution is 5.67. The molecule has 0 aromatic carbocycles. The van der Waals surface area contributed by atoms with Crippen LogP contribution in [-0.4, -0.2) is 35.5 Å². The van der Waals surface area contributed by atoms with Crippen LogP contribution in [0.5, 0.6) is 0 Å². The van der Waals surface area contributed by atoms with Crippen molar-refractivity contribution < 1.29 is 28.9 Å². The molecule has 0 unspecified atom stereocenters. The largest absolute Gasteiger partial charge is 0.462 e. The van der Waals surface area contributed by atoms with E-state index in [1.54, 1.807) is 6.26 Å². The molecule has 1 N–H and O–H groups in total. The fourth-order valence-corrected chi connectivity index (χ4v) is 10.3. The SMILES string of the molecule is CC(=O)O[C@@H]1OC=C2[C@@H](OC(C)=O)C[C@H]3[C@]4(C)CC[C@H]5C(C)(C)CCC[C@]5(C)[C@H]4C[C@@H](O)[C@]3(C)[C@H]21. The van der Waals surface area contributed by atoms with Crippen LogP contribution in [0.15, 0.2) is 11.8 Å². The molecule has 4 fully saturated rings. The molecule has 0 bridgehead atoms. The Morgan fingerprint density at radius 3 is 2.23 bits per heavy atom. The number of carbonyl (C=O) groups is 2. The number of rotatable bonds is 2. The Morgan fingerprint density at radius 2 is 1.57 bits per heavy atom. The predicted octanol–water partition coefficient (Wildman–Crippen LogP) is 5.38. The minimum Gasteiger partial charge on any atom is -0.462 e. The number of hydrogen-bond acceptors (Lipinski definition) is 6. The number of esters is 2. The van der Waals surface area contributed by atoms with E-state index in [2.05, 4.69) is 34.6 Å². The van der Waals surface area contributed by atoms with Gasteiger partial charge in [-0.1, -0.05) is 41.0 Å². The summed E-state index contributed by atoms with van der Waals surface area (Å²) in [5, 5.41) is 12.0. The summed E-state index contributed by atoms with van der Waals surface area (Å²) in [6.07, 6.45) is 7.26. The average molecular weight is 489 g/mol. The van der Waals surface area contributed by atoms with Gasteiger partial charge in [-0.25, -0.2) is 0 Å². The second-order valence-corrected chi connectivity index (χ2v) is 13.7. The van der Waals surface area contributed by atoms with Crippen LogP contribution < -0.4 is 0 Å². The van der Waals surface area contributed by atoms with Gasteiger partial charge in [0.25, 0.3) is 6.29 Å². The summed E-state index contributed by atoms with van der Waals surface area (Å²) in [5.74, 6) is 0.0707. The molecule has 0 spiro atoms. The van der Waals surface area contributed by atoms with Crippen LogP contribution in [0.1, 0.15) is 93.4 Å². The lowest BCUT2D eigenvalue weighted by molar-refractivity contribution is -0.262. The Hall–Kier alpha value is -1.56. The van der Waals surface area contributed by atoms with Gasteiger partial charge in [-0.2, -0.15) is 0 Å². The molecule has 6 nitrogen and oxygen atoms in total. The van der Waals surface area contributed by atoms with Crippen molar-refractivity contribution in [1.29, 1.82) is 0 Å². The van der Waals surface area contributed by atoms with Crippen molar-refractivity contribution in [2.45, 2.75) is 112 Å². The molecule has 0 radical (unpaired) electrons. The van der Waals surface area contributed by atoms with Crippen molar-refractivity contribution in [3.63, 3.8) is 0 Å². The van der Waals surface area contributed by atoms with E-state index in [4.69, 9.17) is 14.2 Å². The average Bonchev–Trinajstić information content (AvgIpc) is 3.15. The monoisotopic (exact) mass is 488 g/mol. The Balaban J connectivity index is 1.59. The third-order valence-corrected chi connectivity index (χ3v) is 11.6. The first kappa shape index (κ1) is 25.1. The second-order valence-electron chi connectivity index (χ2n) is 13.7. The van der Waals surface area contributed by atoms with Gasteiger partial charge in [0.1, 0.15) is 6.10 Å². The van der Waals surface area contributed by atoms with Gasteiger partial charge < -0.3 is 19.3 Å². The minimum absolute atomic E-state index is 0.0139. The first-order valence-electron chi connectivity index (χ1n) is 13.6. The molecule has 0 amide bonds. The van der Waals surface area contributed by atoms with Gasteiger partial charge in [0.2, 0.25) is 0 Å². The van der Waals surface area contributed by atoms with Crippen LogP contribution >= 0.6 is 0 Å². The maximum absolute atomic E-state index is 12.1. The topological polar surface area (TPSA) is 82.1 Å². The van der Waals surface area contributed by atoms with Gasteiger partial charge >= 0.3 is 11.9 Å².